The molecule has 138 valence electrons. The molecule has 7 heteroatoms. The maximum absolute atomic E-state index is 12.7. The van der Waals surface area contributed by atoms with Crippen molar-refractivity contribution in [3.63, 3.8) is 0 Å². The Bertz CT molecular complexity index is 782. The van der Waals surface area contributed by atoms with Gasteiger partial charge in [-0.15, -0.1) is 0 Å². The number of carbonyl (C=O) groups is 3. The summed E-state index contributed by atoms with van der Waals surface area (Å²) < 4.78 is 21.1. The van der Waals surface area contributed by atoms with Gasteiger partial charge in [0.15, 0.2) is 5.60 Å². The van der Waals surface area contributed by atoms with Gasteiger partial charge in [-0.05, 0) is 25.3 Å². The number of methoxy groups -OCH3 is 2. The van der Waals surface area contributed by atoms with E-state index in [0.717, 1.165) is 0 Å². The van der Waals surface area contributed by atoms with Gasteiger partial charge in [-0.2, -0.15) is 0 Å². The van der Waals surface area contributed by atoms with E-state index in [2.05, 4.69) is 0 Å². The number of benzene rings is 1. The number of hydrogen-bond donors (Lipinski definition) is 0. The molecule has 0 aromatic heterocycles. The molecule has 2 atom stereocenters. The van der Waals surface area contributed by atoms with Crippen LogP contribution in [0.4, 0.5) is 0 Å². The van der Waals surface area contributed by atoms with Gasteiger partial charge in [-0.3, -0.25) is 0 Å². The van der Waals surface area contributed by atoms with E-state index in [0.29, 0.717) is 12.0 Å². The second-order valence-corrected chi connectivity index (χ2v) is 6.08. The van der Waals surface area contributed by atoms with Crippen LogP contribution in [0.1, 0.15) is 25.3 Å². The van der Waals surface area contributed by atoms with E-state index in [1.165, 1.54) is 14.2 Å². The van der Waals surface area contributed by atoms with E-state index in [-0.39, 0.29) is 24.2 Å². The van der Waals surface area contributed by atoms with Crippen LogP contribution in [0.3, 0.4) is 0 Å². The molecule has 1 fully saturated rings. The first-order chi connectivity index (χ1) is 12.5. The number of carbonyl (C=O) groups excluding carboxylic acids is 3. The minimum absolute atomic E-state index is 0.00245. The van der Waals surface area contributed by atoms with Crippen molar-refractivity contribution in [1.82, 2.24) is 0 Å². The van der Waals surface area contributed by atoms with E-state index in [9.17, 15) is 14.4 Å². The normalized spacial score (nSPS) is 26.6. The van der Waals surface area contributed by atoms with Crippen molar-refractivity contribution < 1.29 is 33.3 Å². The van der Waals surface area contributed by atoms with Crippen molar-refractivity contribution >= 4 is 17.9 Å². The SMILES string of the molecule is CCOC(=O)[C@@]12CC[C@@](c3ccccc3)(O1)C(C(=O)OC)=C2C(=O)OC. The lowest BCUT2D eigenvalue weighted by atomic mass is 9.73. The summed E-state index contributed by atoms with van der Waals surface area (Å²) in [6, 6.07) is 8.98. The zero-order valence-corrected chi connectivity index (χ0v) is 14.9. The number of fused-ring (bicyclic) bond motifs is 2. The van der Waals surface area contributed by atoms with Gasteiger partial charge in [-0.1, -0.05) is 30.3 Å². The predicted octanol–water partition coefficient (Wildman–Crippen LogP) is 1.65. The Morgan fingerprint density at radius 1 is 1.00 bits per heavy atom. The Kier molecular flexibility index (Phi) is 4.58. The third-order valence-electron chi connectivity index (χ3n) is 4.86. The number of ether oxygens (including phenoxy) is 4. The minimum Gasteiger partial charge on any atom is -0.466 e. The zero-order valence-electron chi connectivity index (χ0n) is 14.9. The highest BCUT2D eigenvalue weighted by atomic mass is 16.6. The van der Waals surface area contributed by atoms with Crippen molar-refractivity contribution in [3.05, 3.63) is 47.0 Å². The fraction of sp³-hybridized carbons (Fsp3) is 0.421. The summed E-state index contributed by atoms with van der Waals surface area (Å²) in [5, 5.41) is 0. The maximum Gasteiger partial charge on any atom is 0.343 e. The van der Waals surface area contributed by atoms with Gasteiger partial charge >= 0.3 is 17.9 Å². The number of esters is 3. The average Bonchev–Trinajstić information content (AvgIpc) is 3.22. The Balaban J connectivity index is 2.29. The third-order valence-corrected chi connectivity index (χ3v) is 4.86. The van der Waals surface area contributed by atoms with Crippen LogP contribution in [0.15, 0.2) is 41.5 Å². The molecule has 2 aliphatic heterocycles. The summed E-state index contributed by atoms with van der Waals surface area (Å²) >= 11 is 0. The van der Waals surface area contributed by atoms with Crippen LogP contribution in [0, 0.1) is 0 Å². The molecule has 2 heterocycles. The van der Waals surface area contributed by atoms with Crippen molar-refractivity contribution in [3.8, 4) is 0 Å². The second kappa shape index (κ2) is 6.57. The zero-order chi connectivity index (χ0) is 18.9. The van der Waals surface area contributed by atoms with Gasteiger partial charge in [0.1, 0.15) is 5.60 Å². The predicted molar refractivity (Wildman–Crippen MR) is 88.9 cm³/mol. The Morgan fingerprint density at radius 2 is 1.62 bits per heavy atom. The Labute approximate surface area is 150 Å². The summed E-state index contributed by atoms with van der Waals surface area (Å²) in [5.41, 5.74) is -2.42. The van der Waals surface area contributed by atoms with Gasteiger partial charge in [0.05, 0.1) is 32.0 Å². The quantitative estimate of drug-likeness (QED) is 0.583. The second-order valence-electron chi connectivity index (χ2n) is 6.08. The molecule has 0 radical (unpaired) electrons. The molecule has 0 amide bonds. The molecule has 1 aromatic rings. The number of rotatable bonds is 5. The van der Waals surface area contributed by atoms with Gasteiger partial charge in [0, 0.05) is 0 Å². The first-order valence-corrected chi connectivity index (χ1v) is 8.31. The minimum atomic E-state index is -1.68. The molecule has 7 nitrogen and oxygen atoms in total. The highest BCUT2D eigenvalue weighted by Crippen LogP contribution is 2.60. The van der Waals surface area contributed by atoms with Gasteiger partial charge in [0.2, 0.25) is 0 Å². The molecule has 0 N–H and O–H groups in total. The molecule has 3 rings (SSSR count). The summed E-state index contributed by atoms with van der Waals surface area (Å²) in [5.74, 6) is -2.26. The highest BCUT2D eigenvalue weighted by molar-refractivity contribution is 6.10. The van der Waals surface area contributed by atoms with Crippen molar-refractivity contribution in [1.29, 1.82) is 0 Å². The Morgan fingerprint density at radius 3 is 2.19 bits per heavy atom. The van der Waals surface area contributed by atoms with E-state index >= 15 is 0 Å². The van der Waals surface area contributed by atoms with Crippen LogP contribution in [0.2, 0.25) is 0 Å². The fourth-order valence-electron chi connectivity index (χ4n) is 3.79. The van der Waals surface area contributed by atoms with E-state index in [4.69, 9.17) is 18.9 Å². The molecule has 0 spiro atoms. The summed E-state index contributed by atoms with van der Waals surface area (Å²) in [4.78, 5) is 37.9. The molecular formula is C19H20O7. The van der Waals surface area contributed by atoms with E-state index in [1.807, 2.05) is 6.07 Å². The standard InChI is InChI=1S/C19H20O7/c1-4-25-17(22)19-11-10-18(26-19,12-8-6-5-7-9-12)13(15(20)23-2)14(19)16(21)24-3/h5-9H,4,10-11H2,1-3H3/t18-,19-/m0/s1. The van der Waals surface area contributed by atoms with Crippen molar-refractivity contribution in [2.45, 2.75) is 31.0 Å². The van der Waals surface area contributed by atoms with Crippen molar-refractivity contribution in [2.24, 2.45) is 0 Å². The molecule has 0 saturated carbocycles. The van der Waals surface area contributed by atoms with Gasteiger partial charge in [0.25, 0.3) is 0 Å². The molecule has 26 heavy (non-hydrogen) atoms. The molecular weight excluding hydrogens is 340 g/mol. The fourth-order valence-corrected chi connectivity index (χ4v) is 3.79. The lowest BCUT2D eigenvalue weighted by Crippen LogP contribution is -2.43. The third kappa shape index (κ3) is 2.34. The van der Waals surface area contributed by atoms with Crippen LogP contribution in [-0.2, 0) is 38.9 Å². The molecule has 1 aromatic carbocycles. The molecule has 0 unspecified atom stereocenters. The number of hydrogen-bond acceptors (Lipinski definition) is 7. The van der Waals surface area contributed by atoms with Gasteiger partial charge in [-0.25, -0.2) is 14.4 Å². The summed E-state index contributed by atoms with van der Waals surface area (Å²) in [6.45, 7) is 1.77. The summed E-state index contributed by atoms with van der Waals surface area (Å²) in [6.07, 6.45) is 0.534. The van der Waals surface area contributed by atoms with Crippen LogP contribution < -0.4 is 0 Å². The topological polar surface area (TPSA) is 88.1 Å². The smallest absolute Gasteiger partial charge is 0.343 e. The van der Waals surface area contributed by atoms with Crippen LogP contribution in [0.5, 0.6) is 0 Å². The molecule has 0 aliphatic carbocycles. The highest BCUT2D eigenvalue weighted by Gasteiger charge is 2.69. The van der Waals surface area contributed by atoms with Gasteiger partial charge < -0.3 is 18.9 Å². The molecule has 1 saturated heterocycles. The maximum atomic E-state index is 12.7. The molecule has 2 aliphatic rings. The average molecular weight is 360 g/mol. The summed E-state index contributed by atoms with van der Waals surface area (Å²) in [7, 11) is 2.40. The van der Waals surface area contributed by atoms with Crippen LogP contribution in [-0.4, -0.2) is 44.3 Å². The van der Waals surface area contributed by atoms with E-state index < -0.39 is 29.1 Å². The first-order valence-electron chi connectivity index (χ1n) is 8.31. The van der Waals surface area contributed by atoms with E-state index in [1.54, 1.807) is 31.2 Å². The van der Waals surface area contributed by atoms with Crippen LogP contribution >= 0.6 is 0 Å². The lowest BCUT2D eigenvalue weighted by molar-refractivity contribution is -0.170. The molecule has 2 bridgehead atoms. The Hall–Kier alpha value is -2.67. The lowest BCUT2D eigenvalue weighted by Gasteiger charge is -2.27. The largest absolute Gasteiger partial charge is 0.466 e. The first kappa shape index (κ1) is 18.1. The van der Waals surface area contributed by atoms with Crippen LogP contribution in [0.25, 0.3) is 0 Å². The van der Waals surface area contributed by atoms with Crippen molar-refractivity contribution in [2.75, 3.05) is 20.8 Å². The monoisotopic (exact) mass is 360 g/mol.